The van der Waals surface area contributed by atoms with Gasteiger partial charge in [-0.3, -0.25) is 4.79 Å². The highest BCUT2D eigenvalue weighted by Crippen LogP contribution is 2.37. The van der Waals surface area contributed by atoms with Gasteiger partial charge in [0.15, 0.2) is 0 Å². The molecule has 1 aliphatic rings. The summed E-state index contributed by atoms with van der Waals surface area (Å²) in [5.41, 5.74) is 1.04. The smallest absolute Gasteiger partial charge is 0.222 e. The Labute approximate surface area is 112 Å². The van der Waals surface area contributed by atoms with Crippen LogP contribution in [-0.2, 0) is 4.79 Å². The Kier molecular flexibility index (Phi) is 3.27. The number of hydrogen-bond acceptors (Lipinski definition) is 3. The molecule has 1 aromatic carbocycles. The number of aromatic nitrogens is 1. The number of para-hydroxylation sites is 1. The molecule has 0 radical (unpaired) electrons. The molecule has 2 aromatic rings. The van der Waals surface area contributed by atoms with Crippen molar-refractivity contribution in [2.75, 3.05) is 0 Å². The van der Waals surface area contributed by atoms with E-state index in [1.165, 1.54) is 0 Å². The van der Waals surface area contributed by atoms with Crippen LogP contribution >= 0.6 is 0 Å². The van der Waals surface area contributed by atoms with Gasteiger partial charge < -0.3 is 4.74 Å². The van der Waals surface area contributed by atoms with Crippen LogP contribution in [0.2, 0.25) is 0 Å². The maximum Gasteiger partial charge on any atom is 0.222 e. The third-order valence-corrected chi connectivity index (χ3v) is 3.44. The highest BCUT2D eigenvalue weighted by atomic mass is 16.5. The zero-order valence-corrected chi connectivity index (χ0v) is 10.6. The number of pyridine rings is 1. The van der Waals surface area contributed by atoms with Crippen LogP contribution in [0.25, 0.3) is 0 Å². The number of hydrogen-bond donors (Lipinski definition) is 0. The van der Waals surface area contributed by atoms with Crippen molar-refractivity contribution in [2.45, 2.75) is 25.2 Å². The Bertz CT molecular complexity index is 580. The summed E-state index contributed by atoms with van der Waals surface area (Å²) in [6.45, 7) is 0. The second-order valence-electron chi connectivity index (χ2n) is 4.79. The second-order valence-corrected chi connectivity index (χ2v) is 4.79. The summed E-state index contributed by atoms with van der Waals surface area (Å²) in [4.78, 5) is 15.7. The summed E-state index contributed by atoms with van der Waals surface area (Å²) >= 11 is 0. The predicted molar refractivity (Wildman–Crippen MR) is 72.4 cm³/mol. The highest BCUT2D eigenvalue weighted by molar-refractivity contribution is 5.81. The average Bonchev–Trinajstić information content (AvgIpc) is 2.87. The number of Topliss-reactive ketones (excluding diaryl/α,β-unsaturated/α-hetero) is 1. The maximum atomic E-state index is 11.4. The van der Waals surface area contributed by atoms with E-state index in [1.807, 2.05) is 42.5 Å². The topological polar surface area (TPSA) is 39.2 Å². The quantitative estimate of drug-likeness (QED) is 0.837. The van der Waals surface area contributed by atoms with Gasteiger partial charge in [-0.1, -0.05) is 24.3 Å². The minimum atomic E-state index is 0.250. The molecule has 0 bridgehead atoms. The standard InChI is InChI=1S/C16H15NO2/c18-13-9-8-12(11-13)15-7-4-10-17-16(15)19-14-5-2-1-3-6-14/h1-7,10,12H,8-9,11H2. The molecule has 3 rings (SSSR count). The molecule has 0 aliphatic heterocycles. The van der Waals surface area contributed by atoms with Gasteiger partial charge >= 0.3 is 0 Å². The molecule has 3 nitrogen and oxygen atoms in total. The number of nitrogens with zero attached hydrogens (tertiary/aromatic N) is 1. The molecule has 19 heavy (non-hydrogen) atoms. The van der Waals surface area contributed by atoms with Crippen molar-refractivity contribution >= 4 is 5.78 Å². The van der Waals surface area contributed by atoms with Crippen LogP contribution in [-0.4, -0.2) is 10.8 Å². The van der Waals surface area contributed by atoms with E-state index in [4.69, 9.17) is 4.74 Å². The van der Waals surface area contributed by atoms with E-state index in [2.05, 4.69) is 4.98 Å². The summed E-state index contributed by atoms with van der Waals surface area (Å²) in [5.74, 6) is 1.97. The van der Waals surface area contributed by atoms with Gasteiger partial charge in [-0.05, 0) is 30.5 Å². The number of carbonyl (C=O) groups is 1. The molecule has 0 spiro atoms. The zero-order valence-electron chi connectivity index (χ0n) is 10.6. The first-order chi connectivity index (χ1) is 9.33. The minimum Gasteiger partial charge on any atom is -0.439 e. The molecule has 1 aliphatic carbocycles. The van der Waals surface area contributed by atoms with Crippen molar-refractivity contribution in [3.63, 3.8) is 0 Å². The van der Waals surface area contributed by atoms with Gasteiger partial charge in [-0.25, -0.2) is 4.98 Å². The third-order valence-electron chi connectivity index (χ3n) is 3.44. The number of ether oxygens (including phenoxy) is 1. The first kappa shape index (κ1) is 11.9. The lowest BCUT2D eigenvalue weighted by Gasteiger charge is -2.13. The van der Waals surface area contributed by atoms with E-state index < -0.39 is 0 Å². The van der Waals surface area contributed by atoms with Gasteiger partial charge in [0.05, 0.1) is 0 Å². The zero-order chi connectivity index (χ0) is 13.1. The Morgan fingerprint density at radius 1 is 1.11 bits per heavy atom. The molecule has 96 valence electrons. The van der Waals surface area contributed by atoms with E-state index in [1.54, 1.807) is 6.20 Å². The molecule has 1 saturated carbocycles. The molecular formula is C16H15NO2. The number of carbonyl (C=O) groups excluding carboxylic acids is 1. The summed E-state index contributed by atoms with van der Waals surface area (Å²) in [6.07, 6.45) is 3.90. The fourth-order valence-corrected chi connectivity index (χ4v) is 2.48. The van der Waals surface area contributed by atoms with Crippen molar-refractivity contribution in [2.24, 2.45) is 0 Å². The van der Waals surface area contributed by atoms with Crippen molar-refractivity contribution in [1.82, 2.24) is 4.98 Å². The van der Waals surface area contributed by atoms with Crippen LogP contribution < -0.4 is 4.74 Å². The summed E-state index contributed by atoms with van der Waals surface area (Å²) in [7, 11) is 0. The lowest BCUT2D eigenvalue weighted by molar-refractivity contribution is -0.117. The fraction of sp³-hybridized carbons (Fsp3) is 0.250. The van der Waals surface area contributed by atoms with E-state index in [9.17, 15) is 4.79 Å². The van der Waals surface area contributed by atoms with Crippen LogP contribution in [0, 0.1) is 0 Å². The molecule has 1 fully saturated rings. The van der Waals surface area contributed by atoms with E-state index in [-0.39, 0.29) is 5.92 Å². The first-order valence-electron chi connectivity index (χ1n) is 6.52. The first-order valence-corrected chi connectivity index (χ1v) is 6.52. The van der Waals surface area contributed by atoms with Gasteiger partial charge in [0.2, 0.25) is 5.88 Å². The molecule has 3 heteroatoms. The van der Waals surface area contributed by atoms with Crippen molar-refractivity contribution in [3.05, 3.63) is 54.2 Å². The highest BCUT2D eigenvalue weighted by Gasteiger charge is 2.26. The summed E-state index contributed by atoms with van der Waals surface area (Å²) < 4.78 is 5.83. The monoisotopic (exact) mass is 253 g/mol. The number of ketones is 1. The van der Waals surface area contributed by atoms with Crippen LogP contribution in [0.5, 0.6) is 11.6 Å². The lowest BCUT2D eigenvalue weighted by atomic mass is 9.99. The molecule has 1 aromatic heterocycles. The van der Waals surface area contributed by atoms with E-state index >= 15 is 0 Å². The largest absolute Gasteiger partial charge is 0.439 e. The Morgan fingerprint density at radius 3 is 2.68 bits per heavy atom. The number of rotatable bonds is 3. The molecular weight excluding hydrogens is 238 g/mol. The van der Waals surface area contributed by atoms with Crippen LogP contribution in [0.3, 0.4) is 0 Å². The molecule has 0 saturated heterocycles. The summed E-state index contributed by atoms with van der Waals surface area (Å²) in [5, 5.41) is 0. The minimum absolute atomic E-state index is 0.250. The van der Waals surface area contributed by atoms with Crippen molar-refractivity contribution in [1.29, 1.82) is 0 Å². The van der Waals surface area contributed by atoms with Gasteiger partial charge in [0.1, 0.15) is 11.5 Å². The van der Waals surface area contributed by atoms with Gasteiger partial charge in [0.25, 0.3) is 0 Å². The molecule has 1 unspecified atom stereocenters. The average molecular weight is 253 g/mol. The van der Waals surface area contributed by atoms with Gasteiger partial charge in [0, 0.05) is 24.6 Å². The Balaban J connectivity index is 1.87. The van der Waals surface area contributed by atoms with Gasteiger partial charge in [-0.15, -0.1) is 0 Å². The van der Waals surface area contributed by atoms with Crippen LogP contribution in [0.4, 0.5) is 0 Å². The maximum absolute atomic E-state index is 11.4. The SMILES string of the molecule is O=C1CCC(c2cccnc2Oc2ccccc2)C1. The molecule has 1 atom stereocenters. The predicted octanol–water partition coefficient (Wildman–Crippen LogP) is 3.71. The van der Waals surface area contributed by atoms with Crippen LogP contribution in [0.1, 0.15) is 30.7 Å². The van der Waals surface area contributed by atoms with Gasteiger partial charge in [-0.2, -0.15) is 0 Å². The normalized spacial score (nSPS) is 18.5. The fourth-order valence-electron chi connectivity index (χ4n) is 2.48. The Hall–Kier alpha value is -2.16. The van der Waals surface area contributed by atoms with E-state index in [0.29, 0.717) is 24.5 Å². The van der Waals surface area contributed by atoms with E-state index in [0.717, 1.165) is 17.7 Å². The molecule has 0 amide bonds. The summed E-state index contributed by atoms with van der Waals surface area (Å²) in [6, 6.07) is 13.5. The Morgan fingerprint density at radius 2 is 1.95 bits per heavy atom. The van der Waals surface area contributed by atoms with Crippen molar-refractivity contribution in [3.8, 4) is 11.6 Å². The third kappa shape index (κ3) is 2.65. The van der Waals surface area contributed by atoms with Crippen LogP contribution in [0.15, 0.2) is 48.7 Å². The van der Waals surface area contributed by atoms with Crippen molar-refractivity contribution < 1.29 is 9.53 Å². The second kappa shape index (κ2) is 5.22. The molecule has 0 N–H and O–H groups in total. The number of benzene rings is 1. The lowest BCUT2D eigenvalue weighted by Crippen LogP contribution is -1.99. The molecule has 1 heterocycles.